The van der Waals surface area contributed by atoms with Gasteiger partial charge in [-0.1, -0.05) is 28.1 Å². The third-order valence-corrected chi connectivity index (χ3v) is 6.17. The Morgan fingerprint density at radius 1 is 1.29 bits per heavy atom. The van der Waals surface area contributed by atoms with Gasteiger partial charge in [0.25, 0.3) is 0 Å². The first kappa shape index (κ1) is 18.0. The Morgan fingerprint density at radius 2 is 2.08 bits per heavy atom. The first-order valence-corrected chi connectivity index (χ1v) is 9.95. The molecule has 0 spiro atoms. The van der Waals surface area contributed by atoms with Crippen LogP contribution in [0.25, 0.3) is 0 Å². The van der Waals surface area contributed by atoms with E-state index in [-0.39, 0.29) is 17.9 Å². The van der Waals surface area contributed by atoms with E-state index in [0.717, 1.165) is 52.4 Å². The maximum absolute atomic E-state index is 14.5. The summed E-state index contributed by atoms with van der Waals surface area (Å²) in [5.74, 6) is 1.83. The van der Waals surface area contributed by atoms with Crippen molar-refractivity contribution < 1.29 is 9.13 Å². The van der Waals surface area contributed by atoms with Gasteiger partial charge in [0.1, 0.15) is 5.82 Å². The lowest BCUT2D eigenvalue weighted by Crippen LogP contribution is -2.41. The molecule has 2 aliphatic rings. The van der Waals surface area contributed by atoms with Gasteiger partial charge in [-0.05, 0) is 54.2 Å². The SMILES string of the molecule is COC1=CC=C(Br)CC1CSc1c(F)cccc1C1NCCCN1. The van der Waals surface area contributed by atoms with Crippen LogP contribution in [-0.4, -0.2) is 26.0 Å². The van der Waals surface area contributed by atoms with Crippen molar-refractivity contribution in [2.45, 2.75) is 23.9 Å². The molecule has 0 aromatic heterocycles. The fourth-order valence-electron chi connectivity index (χ4n) is 3.05. The highest BCUT2D eigenvalue weighted by Crippen LogP contribution is 2.36. The van der Waals surface area contributed by atoms with E-state index < -0.39 is 0 Å². The highest BCUT2D eigenvalue weighted by Gasteiger charge is 2.23. The monoisotopic (exact) mass is 412 g/mol. The molecule has 1 aromatic rings. The van der Waals surface area contributed by atoms with E-state index in [1.54, 1.807) is 31.0 Å². The first-order chi connectivity index (χ1) is 11.7. The summed E-state index contributed by atoms with van der Waals surface area (Å²) in [4.78, 5) is 0.727. The normalized spacial score (nSPS) is 22.0. The Balaban J connectivity index is 1.75. The van der Waals surface area contributed by atoms with Gasteiger partial charge in [-0.15, -0.1) is 11.8 Å². The maximum Gasteiger partial charge on any atom is 0.137 e. The number of ether oxygens (including phenoxy) is 1. The summed E-state index contributed by atoms with van der Waals surface area (Å²) >= 11 is 5.13. The lowest BCUT2D eigenvalue weighted by Gasteiger charge is -2.28. The van der Waals surface area contributed by atoms with Crippen molar-refractivity contribution >= 4 is 27.7 Å². The predicted molar refractivity (Wildman–Crippen MR) is 101 cm³/mol. The molecule has 1 unspecified atom stereocenters. The van der Waals surface area contributed by atoms with Gasteiger partial charge in [0, 0.05) is 16.6 Å². The summed E-state index contributed by atoms with van der Waals surface area (Å²) in [6.45, 7) is 1.91. The van der Waals surface area contributed by atoms with Crippen LogP contribution >= 0.6 is 27.7 Å². The number of nitrogens with one attached hydrogen (secondary N) is 2. The van der Waals surface area contributed by atoms with E-state index in [0.29, 0.717) is 0 Å². The molecule has 24 heavy (non-hydrogen) atoms. The summed E-state index contributed by atoms with van der Waals surface area (Å²) in [6, 6.07) is 5.33. The maximum atomic E-state index is 14.5. The number of halogens is 2. The molecule has 6 heteroatoms. The smallest absolute Gasteiger partial charge is 0.137 e. The van der Waals surface area contributed by atoms with Crippen LogP contribution in [0, 0.1) is 11.7 Å². The highest BCUT2D eigenvalue weighted by atomic mass is 79.9. The molecule has 3 rings (SSSR count). The van der Waals surface area contributed by atoms with E-state index in [9.17, 15) is 4.39 Å². The van der Waals surface area contributed by atoms with Gasteiger partial charge < -0.3 is 4.74 Å². The Kier molecular flexibility index (Phi) is 6.38. The van der Waals surface area contributed by atoms with Crippen molar-refractivity contribution in [3.8, 4) is 0 Å². The van der Waals surface area contributed by atoms with Crippen LogP contribution in [0.15, 0.2) is 45.5 Å². The minimum absolute atomic E-state index is 0.0207. The Morgan fingerprint density at radius 3 is 2.83 bits per heavy atom. The Labute approximate surface area is 155 Å². The Hall–Kier alpha value is -0.820. The molecule has 0 radical (unpaired) electrons. The molecule has 1 aliphatic carbocycles. The summed E-state index contributed by atoms with van der Waals surface area (Å²) in [5, 5.41) is 6.85. The van der Waals surface area contributed by atoms with Gasteiger partial charge in [0.15, 0.2) is 0 Å². The van der Waals surface area contributed by atoms with Crippen LogP contribution in [-0.2, 0) is 4.74 Å². The molecule has 1 fully saturated rings. The third kappa shape index (κ3) is 4.23. The summed E-state index contributed by atoms with van der Waals surface area (Å²) in [5.41, 5.74) is 0.994. The predicted octanol–water partition coefficient (Wildman–Crippen LogP) is 4.33. The molecule has 1 saturated heterocycles. The standard InChI is InChI=1S/C18H22BrFN2OS/c1-23-16-7-6-13(19)10-12(16)11-24-17-14(4-2-5-15(17)20)18-21-8-3-9-22-18/h2,4-7,12,18,21-22H,3,8-11H2,1H3. The average Bonchev–Trinajstić information content (AvgIpc) is 2.61. The van der Waals surface area contributed by atoms with Gasteiger partial charge in [-0.3, -0.25) is 10.6 Å². The molecule has 2 N–H and O–H groups in total. The molecule has 3 nitrogen and oxygen atoms in total. The van der Waals surface area contributed by atoms with E-state index in [2.05, 4.69) is 26.6 Å². The van der Waals surface area contributed by atoms with E-state index in [1.165, 1.54) is 0 Å². The molecular weight excluding hydrogens is 391 g/mol. The second-order valence-electron chi connectivity index (χ2n) is 5.95. The van der Waals surface area contributed by atoms with Gasteiger partial charge >= 0.3 is 0 Å². The molecular formula is C18H22BrFN2OS. The quantitative estimate of drug-likeness (QED) is 0.705. The zero-order valence-corrected chi connectivity index (χ0v) is 16.1. The first-order valence-electron chi connectivity index (χ1n) is 8.17. The fraction of sp³-hybridized carbons (Fsp3) is 0.444. The second-order valence-corrected chi connectivity index (χ2v) is 8.00. The fourth-order valence-corrected chi connectivity index (χ4v) is 4.78. The molecule has 0 saturated carbocycles. The zero-order valence-electron chi connectivity index (χ0n) is 13.6. The van der Waals surface area contributed by atoms with Crippen LogP contribution in [0.3, 0.4) is 0 Å². The zero-order chi connectivity index (χ0) is 16.9. The molecule has 1 aromatic carbocycles. The lowest BCUT2D eigenvalue weighted by atomic mass is 10.0. The van der Waals surface area contributed by atoms with E-state index >= 15 is 0 Å². The van der Waals surface area contributed by atoms with Crippen LogP contribution in [0.4, 0.5) is 4.39 Å². The molecule has 1 heterocycles. The average molecular weight is 413 g/mol. The molecule has 130 valence electrons. The largest absolute Gasteiger partial charge is 0.501 e. The van der Waals surface area contributed by atoms with Crippen LogP contribution in [0.2, 0.25) is 0 Å². The van der Waals surface area contributed by atoms with Crippen molar-refractivity contribution in [3.05, 3.63) is 52.0 Å². The van der Waals surface area contributed by atoms with Crippen molar-refractivity contribution in [1.29, 1.82) is 0 Å². The van der Waals surface area contributed by atoms with Crippen LogP contribution < -0.4 is 10.6 Å². The van der Waals surface area contributed by atoms with Gasteiger partial charge in [-0.2, -0.15) is 0 Å². The minimum atomic E-state index is -0.153. The van der Waals surface area contributed by atoms with E-state index in [1.807, 2.05) is 18.2 Å². The highest BCUT2D eigenvalue weighted by molar-refractivity contribution is 9.11. The van der Waals surface area contributed by atoms with Crippen molar-refractivity contribution in [2.75, 3.05) is 26.0 Å². The third-order valence-electron chi connectivity index (χ3n) is 4.30. The molecule has 0 bridgehead atoms. The van der Waals surface area contributed by atoms with Crippen molar-refractivity contribution in [1.82, 2.24) is 10.6 Å². The van der Waals surface area contributed by atoms with Gasteiger partial charge in [0.2, 0.25) is 0 Å². The molecule has 1 aliphatic heterocycles. The molecule has 0 amide bonds. The summed E-state index contributed by atoms with van der Waals surface area (Å²) in [7, 11) is 1.70. The number of methoxy groups -OCH3 is 1. The summed E-state index contributed by atoms with van der Waals surface area (Å²) in [6.07, 6.45) is 6.01. The van der Waals surface area contributed by atoms with Gasteiger partial charge in [-0.25, -0.2) is 4.39 Å². The number of rotatable bonds is 5. The lowest BCUT2D eigenvalue weighted by molar-refractivity contribution is 0.247. The van der Waals surface area contributed by atoms with Gasteiger partial charge in [0.05, 0.1) is 19.0 Å². The second kappa shape index (κ2) is 8.52. The van der Waals surface area contributed by atoms with Crippen LogP contribution in [0.1, 0.15) is 24.6 Å². The number of thioether (sulfide) groups is 1. The van der Waals surface area contributed by atoms with E-state index in [4.69, 9.17) is 4.74 Å². The topological polar surface area (TPSA) is 33.3 Å². The molecule has 1 atom stereocenters. The number of hydrogen-bond donors (Lipinski definition) is 2. The number of hydrogen-bond acceptors (Lipinski definition) is 4. The number of allylic oxidation sites excluding steroid dienone is 4. The van der Waals surface area contributed by atoms with Crippen molar-refractivity contribution in [3.63, 3.8) is 0 Å². The minimum Gasteiger partial charge on any atom is -0.501 e. The van der Waals surface area contributed by atoms with Crippen molar-refractivity contribution in [2.24, 2.45) is 5.92 Å². The Bertz CT molecular complexity index is 644. The van der Waals surface area contributed by atoms with Crippen LogP contribution in [0.5, 0.6) is 0 Å². The summed E-state index contributed by atoms with van der Waals surface area (Å²) < 4.78 is 21.1. The number of benzene rings is 1.